The number of hydrogen-bond donors (Lipinski definition) is 1. The van der Waals surface area contributed by atoms with Crippen molar-refractivity contribution >= 4 is 17.4 Å². The quantitative estimate of drug-likeness (QED) is 0.786. The fourth-order valence-electron chi connectivity index (χ4n) is 3.07. The summed E-state index contributed by atoms with van der Waals surface area (Å²) in [4.78, 5) is 14.3. The molecule has 5 nitrogen and oxygen atoms in total. The molecule has 0 bridgehead atoms. The van der Waals surface area contributed by atoms with Crippen LogP contribution >= 0.6 is 0 Å². The summed E-state index contributed by atoms with van der Waals surface area (Å²) in [7, 11) is 0. The van der Waals surface area contributed by atoms with Gasteiger partial charge < -0.3 is 10.2 Å². The summed E-state index contributed by atoms with van der Waals surface area (Å²) in [6.07, 6.45) is 0.961. The maximum Gasteiger partial charge on any atom is 0.272 e. The zero-order valence-electron chi connectivity index (χ0n) is 14.0. The van der Waals surface area contributed by atoms with Crippen molar-refractivity contribution in [1.82, 2.24) is 15.5 Å². The van der Waals surface area contributed by atoms with E-state index in [1.54, 1.807) is 30.3 Å². The van der Waals surface area contributed by atoms with E-state index in [-0.39, 0.29) is 24.0 Å². The van der Waals surface area contributed by atoms with Crippen molar-refractivity contribution in [3.05, 3.63) is 83.3 Å². The molecule has 1 aliphatic rings. The first kappa shape index (κ1) is 16.2. The van der Waals surface area contributed by atoms with Gasteiger partial charge in [0.25, 0.3) is 5.91 Å². The van der Waals surface area contributed by atoms with Crippen molar-refractivity contribution in [3.63, 3.8) is 0 Å². The van der Waals surface area contributed by atoms with Crippen LogP contribution in [-0.4, -0.2) is 22.6 Å². The highest BCUT2D eigenvalue weighted by atomic mass is 19.1. The van der Waals surface area contributed by atoms with Crippen LogP contribution in [0.2, 0.25) is 0 Å². The van der Waals surface area contributed by atoms with Crippen LogP contribution in [0.4, 0.5) is 15.9 Å². The second kappa shape index (κ2) is 6.92. The van der Waals surface area contributed by atoms with E-state index in [9.17, 15) is 9.18 Å². The van der Waals surface area contributed by atoms with E-state index < -0.39 is 0 Å². The topological polar surface area (TPSA) is 58.1 Å². The molecule has 130 valence electrons. The van der Waals surface area contributed by atoms with Crippen LogP contribution in [0.3, 0.4) is 0 Å². The second-order valence-electron chi connectivity index (χ2n) is 6.08. The number of amides is 1. The molecule has 0 aliphatic carbocycles. The number of hydrogen-bond acceptors (Lipinski definition) is 4. The van der Waals surface area contributed by atoms with Gasteiger partial charge in [0.05, 0.1) is 0 Å². The first-order valence-electron chi connectivity index (χ1n) is 8.43. The van der Waals surface area contributed by atoms with Crippen LogP contribution in [0.25, 0.3) is 0 Å². The van der Waals surface area contributed by atoms with Gasteiger partial charge in [0, 0.05) is 24.3 Å². The number of benzene rings is 2. The highest BCUT2D eigenvalue weighted by Crippen LogP contribution is 2.32. The third-order valence-electron chi connectivity index (χ3n) is 4.44. The van der Waals surface area contributed by atoms with E-state index in [4.69, 9.17) is 0 Å². The molecule has 2 heterocycles. The summed E-state index contributed by atoms with van der Waals surface area (Å²) < 4.78 is 13.6. The third kappa shape index (κ3) is 3.13. The predicted octanol–water partition coefficient (Wildman–Crippen LogP) is 3.24. The summed E-state index contributed by atoms with van der Waals surface area (Å²) >= 11 is 0. The number of nitrogens with zero attached hydrogens (tertiary/aromatic N) is 3. The second-order valence-corrected chi connectivity index (χ2v) is 6.08. The smallest absolute Gasteiger partial charge is 0.272 e. The number of halogens is 1. The Morgan fingerprint density at radius 2 is 1.85 bits per heavy atom. The molecule has 1 amide bonds. The van der Waals surface area contributed by atoms with Gasteiger partial charge in [-0.25, -0.2) is 4.39 Å². The molecule has 0 saturated carbocycles. The lowest BCUT2D eigenvalue weighted by atomic mass is 10.2. The standard InChI is InChI=1S/C20H17FN4O/c21-16-7-3-1-6-15(16)13-22-20(26)17-9-10-19(24-23-17)25-12-11-14-5-2-4-8-18(14)25/h1-10H,11-13H2,(H,22,26). The van der Waals surface area contributed by atoms with Gasteiger partial charge in [-0.15, -0.1) is 10.2 Å². The summed E-state index contributed by atoms with van der Waals surface area (Å²) in [6, 6.07) is 17.9. The van der Waals surface area contributed by atoms with Crippen LogP contribution < -0.4 is 10.2 Å². The lowest BCUT2D eigenvalue weighted by Crippen LogP contribution is -2.25. The number of aromatic nitrogens is 2. The van der Waals surface area contributed by atoms with Crippen molar-refractivity contribution in [2.45, 2.75) is 13.0 Å². The van der Waals surface area contributed by atoms with Crippen LogP contribution in [-0.2, 0) is 13.0 Å². The minimum atomic E-state index is -0.380. The highest BCUT2D eigenvalue weighted by Gasteiger charge is 2.21. The molecule has 0 radical (unpaired) electrons. The number of rotatable bonds is 4. The SMILES string of the molecule is O=C(NCc1ccccc1F)c1ccc(N2CCc3ccccc32)nn1. The highest BCUT2D eigenvalue weighted by molar-refractivity contribution is 5.92. The third-order valence-corrected chi connectivity index (χ3v) is 4.44. The zero-order chi connectivity index (χ0) is 17.9. The van der Waals surface area contributed by atoms with E-state index in [0.717, 1.165) is 18.7 Å². The fourth-order valence-corrected chi connectivity index (χ4v) is 3.07. The summed E-state index contributed by atoms with van der Waals surface area (Å²) in [5.41, 5.74) is 3.04. The van der Waals surface area contributed by atoms with Crippen molar-refractivity contribution in [1.29, 1.82) is 0 Å². The summed E-state index contributed by atoms with van der Waals surface area (Å²) in [5.74, 6) is -0.0170. The molecule has 0 unspecified atom stereocenters. The van der Waals surface area contributed by atoms with Gasteiger partial charge in [0.2, 0.25) is 0 Å². The molecule has 4 rings (SSSR count). The Hall–Kier alpha value is -3.28. The van der Waals surface area contributed by atoms with Gasteiger partial charge in [-0.3, -0.25) is 4.79 Å². The number of fused-ring (bicyclic) bond motifs is 1. The molecule has 0 atom stereocenters. The Labute approximate surface area is 150 Å². The number of carbonyl (C=O) groups is 1. The molecule has 3 aromatic rings. The van der Waals surface area contributed by atoms with Gasteiger partial charge >= 0.3 is 0 Å². The van der Waals surface area contributed by atoms with Gasteiger partial charge in [-0.05, 0) is 36.2 Å². The van der Waals surface area contributed by atoms with Crippen LogP contribution in [0.5, 0.6) is 0 Å². The van der Waals surface area contributed by atoms with E-state index >= 15 is 0 Å². The molecule has 6 heteroatoms. The Morgan fingerprint density at radius 3 is 2.65 bits per heavy atom. The van der Waals surface area contributed by atoms with Gasteiger partial charge in [0.15, 0.2) is 11.5 Å². The van der Waals surface area contributed by atoms with Crippen molar-refractivity contribution in [3.8, 4) is 0 Å². The fraction of sp³-hybridized carbons (Fsp3) is 0.150. The predicted molar refractivity (Wildman–Crippen MR) is 96.8 cm³/mol. The average Bonchev–Trinajstić information content (AvgIpc) is 3.11. The number of nitrogens with one attached hydrogen (secondary N) is 1. The molecule has 1 aromatic heterocycles. The molecule has 0 spiro atoms. The van der Waals surface area contributed by atoms with Crippen LogP contribution in [0.15, 0.2) is 60.7 Å². The molecule has 26 heavy (non-hydrogen) atoms. The first-order chi connectivity index (χ1) is 12.7. The average molecular weight is 348 g/mol. The number of anilines is 2. The lowest BCUT2D eigenvalue weighted by molar-refractivity contribution is 0.0944. The van der Waals surface area contributed by atoms with Gasteiger partial charge in [0.1, 0.15) is 5.82 Å². The first-order valence-corrected chi connectivity index (χ1v) is 8.43. The van der Waals surface area contributed by atoms with Crippen molar-refractivity contribution in [2.24, 2.45) is 0 Å². The van der Waals surface area contributed by atoms with Crippen molar-refractivity contribution < 1.29 is 9.18 Å². The Kier molecular flexibility index (Phi) is 4.31. The lowest BCUT2D eigenvalue weighted by Gasteiger charge is -2.17. The van der Waals surface area contributed by atoms with E-state index in [1.807, 2.05) is 12.1 Å². The molecular weight excluding hydrogens is 331 g/mol. The monoisotopic (exact) mass is 348 g/mol. The normalized spacial score (nSPS) is 12.7. The van der Waals surface area contributed by atoms with E-state index in [0.29, 0.717) is 11.4 Å². The van der Waals surface area contributed by atoms with Crippen molar-refractivity contribution in [2.75, 3.05) is 11.4 Å². The molecular formula is C20H17FN4O. The molecule has 1 N–H and O–H groups in total. The maximum absolute atomic E-state index is 13.6. The van der Waals surface area contributed by atoms with E-state index in [2.05, 4.69) is 32.5 Å². The van der Waals surface area contributed by atoms with E-state index in [1.165, 1.54) is 11.6 Å². The van der Waals surface area contributed by atoms with Crippen LogP contribution in [0, 0.1) is 5.82 Å². The largest absolute Gasteiger partial charge is 0.346 e. The minimum Gasteiger partial charge on any atom is -0.346 e. The number of para-hydroxylation sites is 1. The maximum atomic E-state index is 13.6. The molecule has 1 aliphatic heterocycles. The number of carbonyl (C=O) groups excluding carboxylic acids is 1. The summed E-state index contributed by atoms with van der Waals surface area (Å²) in [5, 5.41) is 10.9. The van der Waals surface area contributed by atoms with Gasteiger partial charge in [-0.1, -0.05) is 36.4 Å². The molecule has 0 fully saturated rings. The zero-order valence-corrected chi connectivity index (χ0v) is 14.0. The molecule has 0 saturated heterocycles. The summed E-state index contributed by atoms with van der Waals surface area (Å²) in [6.45, 7) is 0.946. The van der Waals surface area contributed by atoms with Crippen LogP contribution in [0.1, 0.15) is 21.6 Å². The molecule has 2 aromatic carbocycles. The Morgan fingerprint density at radius 1 is 1.04 bits per heavy atom. The Balaban J connectivity index is 1.45. The van der Waals surface area contributed by atoms with Gasteiger partial charge in [-0.2, -0.15) is 0 Å². The Bertz CT molecular complexity index is 943. The minimum absolute atomic E-state index is 0.106.